The smallest absolute Gasteiger partial charge is 0.0212 e. The number of nitrogens with two attached hydrogens (primary N) is 1. The van der Waals surface area contributed by atoms with Crippen LogP contribution in [0.4, 0.5) is 0 Å². The maximum atomic E-state index is 5.75. The second kappa shape index (κ2) is 3.48. The van der Waals surface area contributed by atoms with Gasteiger partial charge in [-0.15, -0.1) is 0 Å². The minimum atomic E-state index is 0.257. The second-order valence-electron chi connectivity index (χ2n) is 3.89. The van der Waals surface area contributed by atoms with E-state index < -0.39 is 0 Å². The van der Waals surface area contributed by atoms with Gasteiger partial charge >= 0.3 is 0 Å². The van der Waals surface area contributed by atoms with Crippen molar-refractivity contribution < 1.29 is 0 Å². The zero-order valence-electron chi connectivity index (χ0n) is 8.01. The zero-order chi connectivity index (χ0) is 9.26. The molecule has 0 saturated carbocycles. The summed E-state index contributed by atoms with van der Waals surface area (Å²) in [5.41, 5.74) is 9.99. The minimum absolute atomic E-state index is 0.257. The largest absolute Gasteiger partial charge is 0.328 e. The van der Waals surface area contributed by atoms with Gasteiger partial charge in [0.05, 0.1) is 0 Å². The molecule has 2 heteroatoms. The van der Waals surface area contributed by atoms with Gasteiger partial charge in [-0.1, -0.05) is 18.2 Å². The van der Waals surface area contributed by atoms with Crippen molar-refractivity contribution in [3.8, 4) is 0 Å². The quantitative estimate of drug-likeness (QED) is 0.710. The summed E-state index contributed by atoms with van der Waals surface area (Å²) in [5, 5.41) is 3.34. The Labute approximate surface area is 79.1 Å². The van der Waals surface area contributed by atoms with Crippen LogP contribution in [-0.4, -0.2) is 6.04 Å². The molecule has 1 aliphatic heterocycles. The Morgan fingerprint density at radius 2 is 2.15 bits per heavy atom. The molecule has 0 bridgehead atoms. The van der Waals surface area contributed by atoms with Crippen LogP contribution in [0.5, 0.6) is 0 Å². The molecular formula is C11H16N2. The first-order valence-electron chi connectivity index (χ1n) is 4.82. The maximum Gasteiger partial charge on any atom is 0.0212 e. The van der Waals surface area contributed by atoms with E-state index in [4.69, 9.17) is 5.73 Å². The number of fused-ring (bicyclic) bond motifs is 1. The van der Waals surface area contributed by atoms with Crippen LogP contribution in [0, 0.1) is 0 Å². The highest BCUT2D eigenvalue weighted by atomic mass is 14.9. The van der Waals surface area contributed by atoms with Gasteiger partial charge in [-0.05, 0) is 30.0 Å². The molecule has 1 heterocycles. The lowest BCUT2D eigenvalue weighted by Gasteiger charge is -2.06. The van der Waals surface area contributed by atoms with E-state index in [2.05, 4.69) is 23.5 Å². The molecule has 0 radical (unpaired) electrons. The van der Waals surface area contributed by atoms with E-state index in [1.54, 1.807) is 0 Å². The monoisotopic (exact) mass is 176 g/mol. The van der Waals surface area contributed by atoms with E-state index in [1.165, 1.54) is 16.7 Å². The predicted octanol–water partition coefficient (Wildman–Crippen LogP) is 1.18. The van der Waals surface area contributed by atoms with Crippen LogP contribution in [0.15, 0.2) is 18.2 Å². The van der Waals surface area contributed by atoms with Crippen molar-refractivity contribution in [2.75, 3.05) is 0 Å². The van der Waals surface area contributed by atoms with Gasteiger partial charge in [0.1, 0.15) is 0 Å². The topological polar surface area (TPSA) is 38.0 Å². The van der Waals surface area contributed by atoms with E-state index >= 15 is 0 Å². The Morgan fingerprint density at radius 3 is 2.92 bits per heavy atom. The van der Waals surface area contributed by atoms with Crippen molar-refractivity contribution in [3.63, 3.8) is 0 Å². The summed E-state index contributed by atoms with van der Waals surface area (Å²) < 4.78 is 0. The van der Waals surface area contributed by atoms with Gasteiger partial charge < -0.3 is 11.1 Å². The van der Waals surface area contributed by atoms with Crippen molar-refractivity contribution in [1.29, 1.82) is 0 Å². The Balaban J connectivity index is 2.21. The number of hydrogen-bond acceptors (Lipinski definition) is 2. The predicted molar refractivity (Wildman–Crippen MR) is 54.3 cm³/mol. The van der Waals surface area contributed by atoms with Gasteiger partial charge in [0.2, 0.25) is 0 Å². The molecule has 0 aromatic heterocycles. The first-order valence-corrected chi connectivity index (χ1v) is 4.82. The number of benzene rings is 1. The fraction of sp³-hybridized carbons (Fsp3) is 0.455. The second-order valence-corrected chi connectivity index (χ2v) is 3.89. The summed E-state index contributed by atoms with van der Waals surface area (Å²) in [7, 11) is 0. The molecule has 13 heavy (non-hydrogen) atoms. The van der Waals surface area contributed by atoms with Crippen LogP contribution < -0.4 is 11.1 Å². The third-order valence-corrected chi connectivity index (χ3v) is 2.46. The Bertz CT molecular complexity index is 305. The van der Waals surface area contributed by atoms with Gasteiger partial charge in [0, 0.05) is 19.1 Å². The molecule has 1 aromatic carbocycles. The average Bonchev–Trinajstić information content (AvgIpc) is 2.49. The van der Waals surface area contributed by atoms with E-state index in [1.807, 2.05) is 6.92 Å². The highest BCUT2D eigenvalue weighted by molar-refractivity contribution is 5.34. The summed E-state index contributed by atoms with van der Waals surface area (Å²) >= 11 is 0. The zero-order valence-corrected chi connectivity index (χ0v) is 8.01. The van der Waals surface area contributed by atoms with Crippen molar-refractivity contribution in [2.24, 2.45) is 5.73 Å². The number of nitrogens with one attached hydrogen (secondary N) is 1. The average molecular weight is 176 g/mol. The van der Waals surface area contributed by atoms with E-state index in [0.29, 0.717) is 0 Å². The normalized spacial score (nSPS) is 17.1. The summed E-state index contributed by atoms with van der Waals surface area (Å²) in [6.45, 7) is 4.08. The van der Waals surface area contributed by atoms with Crippen LogP contribution in [0.1, 0.15) is 23.6 Å². The summed E-state index contributed by atoms with van der Waals surface area (Å²) in [4.78, 5) is 0. The molecule has 1 aliphatic rings. The fourth-order valence-electron chi connectivity index (χ4n) is 1.85. The fourth-order valence-corrected chi connectivity index (χ4v) is 1.85. The maximum absolute atomic E-state index is 5.75. The third-order valence-electron chi connectivity index (χ3n) is 2.46. The summed E-state index contributed by atoms with van der Waals surface area (Å²) in [5.74, 6) is 0. The molecule has 1 atom stereocenters. The van der Waals surface area contributed by atoms with Crippen molar-refractivity contribution >= 4 is 0 Å². The lowest BCUT2D eigenvalue weighted by atomic mass is 10.0. The summed E-state index contributed by atoms with van der Waals surface area (Å²) in [6.07, 6.45) is 0.979. The van der Waals surface area contributed by atoms with Crippen LogP contribution in [-0.2, 0) is 19.5 Å². The number of rotatable bonds is 2. The Kier molecular flexibility index (Phi) is 2.34. The van der Waals surface area contributed by atoms with E-state index in [9.17, 15) is 0 Å². The Hall–Kier alpha value is -0.860. The lowest BCUT2D eigenvalue weighted by Crippen LogP contribution is -2.17. The van der Waals surface area contributed by atoms with Crippen molar-refractivity contribution in [2.45, 2.75) is 32.5 Å². The molecule has 0 aliphatic carbocycles. The molecule has 3 N–H and O–H groups in total. The number of hydrogen-bond donors (Lipinski definition) is 2. The molecular weight excluding hydrogens is 160 g/mol. The highest BCUT2D eigenvalue weighted by Gasteiger charge is 2.10. The van der Waals surface area contributed by atoms with Gasteiger partial charge in [-0.3, -0.25) is 0 Å². The van der Waals surface area contributed by atoms with Crippen molar-refractivity contribution in [1.82, 2.24) is 5.32 Å². The van der Waals surface area contributed by atoms with Crippen LogP contribution in [0.2, 0.25) is 0 Å². The van der Waals surface area contributed by atoms with Gasteiger partial charge in [0.15, 0.2) is 0 Å². The highest BCUT2D eigenvalue weighted by Crippen LogP contribution is 2.17. The molecule has 0 amide bonds. The lowest BCUT2D eigenvalue weighted by molar-refractivity contribution is 0.736. The molecule has 0 fully saturated rings. The Morgan fingerprint density at radius 1 is 1.38 bits per heavy atom. The molecule has 0 spiro atoms. The first-order chi connectivity index (χ1) is 6.25. The van der Waals surface area contributed by atoms with E-state index in [0.717, 1.165) is 19.5 Å². The standard InChI is InChI=1S/C11H16N2/c1-8(12)4-9-2-3-10-6-13-7-11(10)5-9/h2-3,5,8,13H,4,6-7,12H2,1H3. The van der Waals surface area contributed by atoms with Crippen molar-refractivity contribution in [3.05, 3.63) is 34.9 Å². The van der Waals surface area contributed by atoms with Crippen LogP contribution >= 0.6 is 0 Å². The van der Waals surface area contributed by atoms with Gasteiger partial charge in [-0.25, -0.2) is 0 Å². The molecule has 2 rings (SSSR count). The van der Waals surface area contributed by atoms with E-state index in [-0.39, 0.29) is 6.04 Å². The van der Waals surface area contributed by atoms with Gasteiger partial charge in [0.25, 0.3) is 0 Å². The summed E-state index contributed by atoms with van der Waals surface area (Å²) in [6, 6.07) is 6.94. The molecule has 0 saturated heterocycles. The molecule has 1 unspecified atom stereocenters. The third kappa shape index (κ3) is 1.90. The van der Waals surface area contributed by atoms with Crippen LogP contribution in [0.3, 0.4) is 0 Å². The SMILES string of the molecule is CC(N)Cc1ccc2c(c1)CNC2. The van der Waals surface area contributed by atoms with Crippen LogP contribution in [0.25, 0.3) is 0 Å². The molecule has 70 valence electrons. The minimum Gasteiger partial charge on any atom is -0.328 e. The first kappa shape index (κ1) is 8.73. The molecule has 2 nitrogen and oxygen atoms in total. The van der Waals surface area contributed by atoms with Gasteiger partial charge in [-0.2, -0.15) is 0 Å². The molecule has 1 aromatic rings.